The first-order valence-corrected chi connectivity index (χ1v) is 7.16. The number of nitrogens with zero attached hydrogens (tertiary/aromatic N) is 2. The van der Waals surface area contributed by atoms with E-state index in [9.17, 15) is 4.79 Å². The van der Waals surface area contributed by atoms with Gasteiger partial charge >= 0.3 is 0 Å². The highest BCUT2D eigenvalue weighted by Crippen LogP contribution is 2.08. The molecule has 0 saturated carbocycles. The van der Waals surface area contributed by atoms with E-state index in [-0.39, 0.29) is 5.78 Å². The number of likely N-dealkylation sites (tertiary alicyclic amines) is 1. The molecule has 0 spiro atoms. The molecule has 19 heavy (non-hydrogen) atoms. The number of benzene rings is 1. The zero-order chi connectivity index (χ0) is 13.7. The predicted octanol–water partition coefficient (Wildman–Crippen LogP) is 2.21. The van der Waals surface area contributed by atoms with E-state index in [1.807, 2.05) is 38.2 Å². The van der Waals surface area contributed by atoms with Crippen molar-refractivity contribution in [2.24, 2.45) is 0 Å². The third kappa shape index (κ3) is 4.44. The van der Waals surface area contributed by atoms with Gasteiger partial charge in [-0.1, -0.05) is 23.8 Å². The highest BCUT2D eigenvalue weighted by Gasteiger charge is 2.13. The van der Waals surface area contributed by atoms with Crippen LogP contribution in [0.4, 0.5) is 0 Å². The van der Waals surface area contributed by atoms with Gasteiger partial charge in [-0.25, -0.2) is 0 Å². The number of carbonyl (C=O) groups excluding carboxylic acids is 1. The van der Waals surface area contributed by atoms with Crippen molar-refractivity contribution in [3.8, 4) is 0 Å². The molecule has 0 aliphatic carbocycles. The molecule has 0 unspecified atom stereocenters. The molecule has 1 aromatic carbocycles. The fourth-order valence-electron chi connectivity index (χ4n) is 2.55. The number of carbonyl (C=O) groups is 1. The smallest absolute Gasteiger partial charge is 0.176 e. The van der Waals surface area contributed by atoms with E-state index in [1.165, 1.54) is 25.9 Å². The Balaban J connectivity index is 1.77. The number of rotatable bonds is 6. The third-order valence-electron chi connectivity index (χ3n) is 3.75. The lowest BCUT2D eigenvalue weighted by molar-refractivity contribution is 0.0941. The lowest BCUT2D eigenvalue weighted by atomic mass is 10.1. The second kappa shape index (κ2) is 6.83. The van der Waals surface area contributed by atoms with Gasteiger partial charge in [0.05, 0.1) is 6.54 Å². The maximum atomic E-state index is 12.1. The lowest BCUT2D eigenvalue weighted by Crippen LogP contribution is -2.34. The van der Waals surface area contributed by atoms with Crippen molar-refractivity contribution in [2.45, 2.75) is 19.8 Å². The molecule has 0 aromatic heterocycles. The summed E-state index contributed by atoms with van der Waals surface area (Å²) in [7, 11) is 2.03. The molecule has 0 radical (unpaired) electrons. The van der Waals surface area contributed by atoms with Crippen molar-refractivity contribution >= 4 is 5.78 Å². The second-order valence-corrected chi connectivity index (χ2v) is 5.58. The van der Waals surface area contributed by atoms with Crippen LogP contribution in [0.2, 0.25) is 0 Å². The lowest BCUT2D eigenvalue weighted by Gasteiger charge is -2.20. The molecule has 1 aliphatic rings. The predicted molar refractivity (Wildman–Crippen MR) is 78.7 cm³/mol. The number of aryl methyl sites for hydroxylation is 1. The summed E-state index contributed by atoms with van der Waals surface area (Å²) in [4.78, 5) is 16.8. The Morgan fingerprint density at radius 3 is 2.74 bits per heavy atom. The van der Waals surface area contributed by atoms with E-state index in [2.05, 4.69) is 9.80 Å². The number of Topliss-reactive ketones (excluding diaryl/α,β-unsaturated/α-hetero) is 1. The van der Waals surface area contributed by atoms with Gasteiger partial charge in [-0.2, -0.15) is 0 Å². The Hall–Kier alpha value is -1.19. The summed E-state index contributed by atoms with van der Waals surface area (Å²) >= 11 is 0. The second-order valence-electron chi connectivity index (χ2n) is 5.58. The molecule has 0 N–H and O–H groups in total. The maximum Gasteiger partial charge on any atom is 0.176 e. The van der Waals surface area contributed by atoms with Gasteiger partial charge in [-0.15, -0.1) is 0 Å². The molecule has 1 saturated heterocycles. The molecule has 104 valence electrons. The minimum absolute atomic E-state index is 0.215. The van der Waals surface area contributed by atoms with Crippen LogP contribution >= 0.6 is 0 Å². The number of hydrogen-bond donors (Lipinski definition) is 0. The molecule has 3 heteroatoms. The highest BCUT2D eigenvalue weighted by atomic mass is 16.1. The summed E-state index contributed by atoms with van der Waals surface area (Å²) in [6.07, 6.45) is 2.65. The Morgan fingerprint density at radius 1 is 1.32 bits per heavy atom. The quantitative estimate of drug-likeness (QED) is 0.733. The van der Waals surface area contributed by atoms with Crippen molar-refractivity contribution in [3.63, 3.8) is 0 Å². The average molecular weight is 260 g/mol. The molecule has 0 bridgehead atoms. The van der Waals surface area contributed by atoms with E-state index < -0.39 is 0 Å². The van der Waals surface area contributed by atoms with E-state index >= 15 is 0 Å². The number of likely N-dealkylation sites (N-methyl/N-ethyl adjacent to an activating group) is 1. The molecule has 3 nitrogen and oxygen atoms in total. The van der Waals surface area contributed by atoms with Crippen LogP contribution in [-0.2, 0) is 0 Å². The van der Waals surface area contributed by atoms with Gasteiger partial charge in [0.25, 0.3) is 0 Å². The van der Waals surface area contributed by atoms with Gasteiger partial charge in [-0.3, -0.25) is 9.69 Å². The van der Waals surface area contributed by atoms with E-state index in [0.29, 0.717) is 6.54 Å². The zero-order valence-electron chi connectivity index (χ0n) is 12.1. The first-order chi connectivity index (χ1) is 9.15. The molecule has 1 aliphatic heterocycles. The third-order valence-corrected chi connectivity index (χ3v) is 3.75. The molecule has 2 rings (SSSR count). The largest absolute Gasteiger partial charge is 0.302 e. The summed E-state index contributed by atoms with van der Waals surface area (Å²) in [5.41, 5.74) is 1.97. The van der Waals surface area contributed by atoms with E-state index in [0.717, 1.165) is 24.2 Å². The Labute approximate surface area is 116 Å². The summed E-state index contributed by atoms with van der Waals surface area (Å²) in [5, 5.41) is 0. The monoisotopic (exact) mass is 260 g/mol. The van der Waals surface area contributed by atoms with Crippen LogP contribution in [-0.4, -0.2) is 55.4 Å². The summed E-state index contributed by atoms with van der Waals surface area (Å²) in [6, 6.07) is 7.85. The van der Waals surface area contributed by atoms with Crippen LogP contribution in [0.5, 0.6) is 0 Å². The minimum Gasteiger partial charge on any atom is -0.302 e. The fraction of sp³-hybridized carbons (Fsp3) is 0.562. The van der Waals surface area contributed by atoms with Crippen molar-refractivity contribution in [1.82, 2.24) is 9.80 Å². The van der Waals surface area contributed by atoms with Crippen molar-refractivity contribution in [2.75, 3.05) is 39.8 Å². The topological polar surface area (TPSA) is 23.6 Å². The molecule has 1 heterocycles. The Bertz CT molecular complexity index is 425. The van der Waals surface area contributed by atoms with Crippen LogP contribution in [0.25, 0.3) is 0 Å². The van der Waals surface area contributed by atoms with E-state index in [1.54, 1.807) is 0 Å². The van der Waals surface area contributed by atoms with Crippen LogP contribution < -0.4 is 0 Å². The number of hydrogen-bond acceptors (Lipinski definition) is 3. The van der Waals surface area contributed by atoms with Crippen molar-refractivity contribution in [3.05, 3.63) is 35.4 Å². The van der Waals surface area contributed by atoms with Crippen LogP contribution in [0.15, 0.2) is 24.3 Å². The summed E-state index contributed by atoms with van der Waals surface area (Å²) in [5.74, 6) is 0.215. The van der Waals surface area contributed by atoms with Gasteiger partial charge in [0, 0.05) is 18.7 Å². The van der Waals surface area contributed by atoms with Crippen molar-refractivity contribution in [1.29, 1.82) is 0 Å². The zero-order valence-corrected chi connectivity index (χ0v) is 12.1. The highest BCUT2D eigenvalue weighted by molar-refractivity contribution is 5.97. The van der Waals surface area contributed by atoms with Crippen LogP contribution in [0.3, 0.4) is 0 Å². The molecule has 0 atom stereocenters. The Morgan fingerprint density at radius 2 is 2.05 bits per heavy atom. The summed E-state index contributed by atoms with van der Waals surface area (Å²) in [6.45, 7) is 7.03. The molecular weight excluding hydrogens is 236 g/mol. The van der Waals surface area contributed by atoms with Crippen LogP contribution in [0.1, 0.15) is 28.8 Å². The molecule has 1 aromatic rings. The van der Waals surface area contributed by atoms with Crippen molar-refractivity contribution < 1.29 is 4.79 Å². The maximum absolute atomic E-state index is 12.1. The van der Waals surface area contributed by atoms with Crippen LogP contribution in [0, 0.1) is 6.92 Å². The standard InChI is InChI=1S/C16H24N2O/c1-14-6-5-7-15(12-14)16(19)13-17(2)10-11-18-8-3-4-9-18/h5-7,12H,3-4,8-11,13H2,1-2H3. The molecule has 1 fully saturated rings. The van der Waals surface area contributed by atoms with Gasteiger partial charge in [0.15, 0.2) is 5.78 Å². The SMILES string of the molecule is Cc1cccc(C(=O)CN(C)CCN2CCCC2)c1. The fourth-order valence-corrected chi connectivity index (χ4v) is 2.55. The molecule has 0 amide bonds. The van der Waals surface area contributed by atoms with Gasteiger partial charge in [0.1, 0.15) is 0 Å². The normalized spacial score (nSPS) is 16.2. The van der Waals surface area contributed by atoms with Gasteiger partial charge in [0.2, 0.25) is 0 Å². The first-order valence-electron chi connectivity index (χ1n) is 7.16. The average Bonchev–Trinajstić information content (AvgIpc) is 2.89. The Kier molecular flexibility index (Phi) is 5.11. The molecular formula is C16H24N2O. The van der Waals surface area contributed by atoms with E-state index in [4.69, 9.17) is 0 Å². The first kappa shape index (κ1) is 14.2. The number of ketones is 1. The van der Waals surface area contributed by atoms with Gasteiger partial charge in [-0.05, 0) is 46.0 Å². The van der Waals surface area contributed by atoms with Gasteiger partial charge < -0.3 is 4.90 Å². The minimum atomic E-state index is 0.215. The summed E-state index contributed by atoms with van der Waals surface area (Å²) < 4.78 is 0.